The van der Waals surface area contributed by atoms with Gasteiger partial charge in [0.25, 0.3) is 0 Å². The summed E-state index contributed by atoms with van der Waals surface area (Å²) >= 11 is 5.26. The molecule has 18 heavy (non-hydrogen) atoms. The summed E-state index contributed by atoms with van der Waals surface area (Å²) in [6.45, 7) is 2.10. The summed E-state index contributed by atoms with van der Waals surface area (Å²) in [5.74, 6) is 0.847. The quantitative estimate of drug-likeness (QED) is 0.919. The predicted molar refractivity (Wildman–Crippen MR) is 80.4 cm³/mol. The fraction of sp³-hybridized carbons (Fsp3) is 0.286. The van der Waals surface area contributed by atoms with E-state index in [1.807, 2.05) is 6.07 Å². The Labute approximate surface area is 120 Å². The zero-order valence-electron chi connectivity index (χ0n) is 10.4. The SMILES string of the molecule is COc1ccc(CC(N)c2ccc(C)s2)cc1Br. The van der Waals surface area contributed by atoms with Crippen LogP contribution in [0.5, 0.6) is 5.75 Å². The van der Waals surface area contributed by atoms with Crippen molar-refractivity contribution in [3.63, 3.8) is 0 Å². The Balaban J connectivity index is 2.12. The predicted octanol–water partition coefficient (Wildman–Crippen LogP) is 4.07. The largest absolute Gasteiger partial charge is 0.496 e. The normalized spacial score (nSPS) is 12.4. The van der Waals surface area contributed by atoms with Crippen molar-refractivity contribution in [3.05, 3.63) is 50.1 Å². The first-order valence-electron chi connectivity index (χ1n) is 5.74. The molecular formula is C14H16BrNOS. The Hall–Kier alpha value is -0.840. The Kier molecular flexibility index (Phi) is 4.43. The molecule has 1 unspecified atom stereocenters. The molecule has 2 nitrogen and oxygen atoms in total. The van der Waals surface area contributed by atoms with E-state index in [0.717, 1.165) is 16.6 Å². The van der Waals surface area contributed by atoms with Gasteiger partial charge in [0.05, 0.1) is 11.6 Å². The molecule has 1 atom stereocenters. The average molecular weight is 326 g/mol. The van der Waals surface area contributed by atoms with Crippen molar-refractivity contribution in [3.8, 4) is 5.75 Å². The van der Waals surface area contributed by atoms with Crippen LogP contribution < -0.4 is 10.5 Å². The molecule has 1 heterocycles. The van der Waals surface area contributed by atoms with Gasteiger partial charge >= 0.3 is 0 Å². The maximum absolute atomic E-state index is 6.22. The molecule has 2 rings (SSSR count). The lowest BCUT2D eigenvalue weighted by Gasteiger charge is -2.11. The van der Waals surface area contributed by atoms with Gasteiger partial charge in [0.15, 0.2) is 0 Å². The first-order valence-corrected chi connectivity index (χ1v) is 7.35. The van der Waals surface area contributed by atoms with Gasteiger partial charge in [0.1, 0.15) is 5.75 Å². The molecular weight excluding hydrogens is 310 g/mol. The number of ether oxygens (including phenoxy) is 1. The molecule has 0 aliphatic rings. The topological polar surface area (TPSA) is 35.2 Å². The molecule has 2 N–H and O–H groups in total. The van der Waals surface area contributed by atoms with Crippen molar-refractivity contribution >= 4 is 27.3 Å². The Morgan fingerprint density at radius 1 is 1.33 bits per heavy atom. The summed E-state index contributed by atoms with van der Waals surface area (Å²) in [5.41, 5.74) is 7.43. The highest BCUT2D eigenvalue weighted by molar-refractivity contribution is 9.10. The zero-order chi connectivity index (χ0) is 13.1. The van der Waals surface area contributed by atoms with Crippen LogP contribution in [0.3, 0.4) is 0 Å². The van der Waals surface area contributed by atoms with Crippen LogP contribution >= 0.6 is 27.3 Å². The third-order valence-electron chi connectivity index (χ3n) is 2.80. The summed E-state index contributed by atoms with van der Waals surface area (Å²) < 4.78 is 6.19. The second kappa shape index (κ2) is 5.87. The van der Waals surface area contributed by atoms with Crippen LogP contribution in [-0.4, -0.2) is 7.11 Å². The Morgan fingerprint density at radius 2 is 2.11 bits per heavy atom. The van der Waals surface area contributed by atoms with Crippen LogP contribution in [0.2, 0.25) is 0 Å². The first kappa shape index (κ1) is 13.6. The summed E-state index contributed by atoms with van der Waals surface area (Å²) in [7, 11) is 1.67. The molecule has 0 fully saturated rings. The van der Waals surface area contributed by atoms with E-state index in [2.05, 4.69) is 47.1 Å². The number of hydrogen-bond acceptors (Lipinski definition) is 3. The molecule has 96 valence electrons. The minimum atomic E-state index is 0.0593. The van der Waals surface area contributed by atoms with Gasteiger partial charge < -0.3 is 10.5 Å². The van der Waals surface area contributed by atoms with Gasteiger partial charge in [0.2, 0.25) is 0 Å². The minimum absolute atomic E-state index is 0.0593. The molecule has 0 amide bonds. The maximum Gasteiger partial charge on any atom is 0.133 e. The lowest BCUT2D eigenvalue weighted by Crippen LogP contribution is -2.11. The molecule has 0 bridgehead atoms. The number of thiophene rings is 1. The van der Waals surface area contributed by atoms with Crippen molar-refractivity contribution in [1.29, 1.82) is 0 Å². The van der Waals surface area contributed by atoms with Gasteiger partial charge in [-0.05, 0) is 59.1 Å². The van der Waals surface area contributed by atoms with Gasteiger partial charge in [-0.25, -0.2) is 0 Å². The molecule has 2 aromatic rings. The highest BCUT2D eigenvalue weighted by atomic mass is 79.9. The fourth-order valence-corrected chi connectivity index (χ4v) is 3.31. The van der Waals surface area contributed by atoms with Gasteiger partial charge in [0, 0.05) is 15.8 Å². The summed E-state index contributed by atoms with van der Waals surface area (Å²) in [5, 5.41) is 0. The lowest BCUT2D eigenvalue weighted by atomic mass is 10.1. The number of aryl methyl sites for hydroxylation is 1. The molecule has 0 radical (unpaired) electrons. The van der Waals surface area contributed by atoms with Crippen molar-refractivity contribution < 1.29 is 4.74 Å². The van der Waals surface area contributed by atoms with E-state index in [4.69, 9.17) is 10.5 Å². The summed E-state index contributed by atoms with van der Waals surface area (Å²) in [4.78, 5) is 2.54. The van der Waals surface area contributed by atoms with Gasteiger partial charge in [-0.3, -0.25) is 0 Å². The first-order chi connectivity index (χ1) is 8.60. The maximum atomic E-state index is 6.22. The number of methoxy groups -OCH3 is 1. The molecule has 0 aliphatic carbocycles. The average Bonchev–Trinajstić information content (AvgIpc) is 2.76. The van der Waals surface area contributed by atoms with Crippen molar-refractivity contribution in [2.24, 2.45) is 5.73 Å². The Morgan fingerprint density at radius 3 is 2.67 bits per heavy atom. The van der Waals surface area contributed by atoms with Crippen LogP contribution in [0.25, 0.3) is 0 Å². The van der Waals surface area contributed by atoms with Gasteiger partial charge in [-0.2, -0.15) is 0 Å². The second-order valence-electron chi connectivity index (χ2n) is 4.23. The van der Waals surface area contributed by atoms with Gasteiger partial charge in [-0.15, -0.1) is 11.3 Å². The van der Waals surface area contributed by atoms with Crippen LogP contribution in [-0.2, 0) is 6.42 Å². The standard InChI is InChI=1S/C14H16BrNOS/c1-9-3-6-14(18-9)12(16)8-10-4-5-13(17-2)11(15)7-10/h3-7,12H,8,16H2,1-2H3. The van der Waals surface area contributed by atoms with E-state index in [1.165, 1.54) is 15.3 Å². The minimum Gasteiger partial charge on any atom is -0.496 e. The third-order valence-corrected chi connectivity index (χ3v) is 4.55. The molecule has 0 saturated heterocycles. The second-order valence-corrected chi connectivity index (χ2v) is 6.40. The Bertz CT molecular complexity index is 538. The van der Waals surface area contributed by atoms with Crippen LogP contribution in [0, 0.1) is 6.92 Å². The monoisotopic (exact) mass is 325 g/mol. The number of benzene rings is 1. The number of nitrogens with two attached hydrogens (primary N) is 1. The van der Waals surface area contributed by atoms with Crippen molar-refractivity contribution in [2.75, 3.05) is 7.11 Å². The highest BCUT2D eigenvalue weighted by Crippen LogP contribution is 2.28. The molecule has 0 aliphatic heterocycles. The number of rotatable bonds is 4. The molecule has 0 saturated carbocycles. The van der Waals surface area contributed by atoms with E-state index < -0.39 is 0 Å². The van der Waals surface area contributed by atoms with Crippen molar-refractivity contribution in [2.45, 2.75) is 19.4 Å². The van der Waals surface area contributed by atoms with E-state index in [1.54, 1.807) is 18.4 Å². The van der Waals surface area contributed by atoms with Crippen LogP contribution in [0.4, 0.5) is 0 Å². The van der Waals surface area contributed by atoms with E-state index in [-0.39, 0.29) is 6.04 Å². The number of halogens is 1. The number of hydrogen-bond donors (Lipinski definition) is 1. The molecule has 0 spiro atoms. The van der Waals surface area contributed by atoms with E-state index in [0.29, 0.717) is 0 Å². The molecule has 1 aromatic heterocycles. The zero-order valence-corrected chi connectivity index (χ0v) is 12.8. The molecule has 4 heteroatoms. The van der Waals surface area contributed by atoms with Crippen LogP contribution in [0.1, 0.15) is 21.4 Å². The van der Waals surface area contributed by atoms with Crippen LogP contribution in [0.15, 0.2) is 34.8 Å². The molecule has 1 aromatic carbocycles. The smallest absolute Gasteiger partial charge is 0.133 e. The van der Waals surface area contributed by atoms with Crippen molar-refractivity contribution in [1.82, 2.24) is 0 Å². The van der Waals surface area contributed by atoms with E-state index in [9.17, 15) is 0 Å². The van der Waals surface area contributed by atoms with Gasteiger partial charge in [-0.1, -0.05) is 6.07 Å². The third kappa shape index (κ3) is 3.13. The fourth-order valence-electron chi connectivity index (χ4n) is 1.84. The summed E-state index contributed by atoms with van der Waals surface area (Å²) in [6.07, 6.45) is 0.836. The highest BCUT2D eigenvalue weighted by Gasteiger charge is 2.10. The lowest BCUT2D eigenvalue weighted by molar-refractivity contribution is 0.412. The van der Waals surface area contributed by atoms with E-state index >= 15 is 0 Å². The summed E-state index contributed by atoms with van der Waals surface area (Å²) in [6, 6.07) is 10.4.